The molecule has 0 aliphatic heterocycles. The second-order valence-corrected chi connectivity index (χ2v) is 5.45. The highest BCUT2D eigenvalue weighted by Gasteiger charge is 2.21. The van der Waals surface area contributed by atoms with Crippen molar-refractivity contribution in [1.29, 1.82) is 0 Å². The molecule has 1 aromatic rings. The number of rotatable bonds is 6. The summed E-state index contributed by atoms with van der Waals surface area (Å²) in [4.78, 5) is 28.3. The number of aliphatic carboxylic acids is 1. The third-order valence-electron chi connectivity index (χ3n) is 2.74. The highest BCUT2D eigenvalue weighted by molar-refractivity contribution is 7.07. The molecule has 106 valence electrons. The number of amides is 2. The van der Waals surface area contributed by atoms with E-state index in [2.05, 4.69) is 10.3 Å². The van der Waals surface area contributed by atoms with Gasteiger partial charge in [0.15, 0.2) is 0 Å². The lowest BCUT2D eigenvalue weighted by atomic mass is 10.0. The molecule has 0 spiro atoms. The number of nitrogens with one attached hydrogen (secondary N) is 1. The highest BCUT2D eigenvalue weighted by atomic mass is 32.1. The first-order valence-electron chi connectivity index (χ1n) is 6.00. The molecule has 1 unspecified atom stereocenters. The molecule has 0 saturated carbocycles. The normalized spacial score (nSPS) is 12.2. The van der Waals surface area contributed by atoms with Gasteiger partial charge in [-0.15, -0.1) is 11.3 Å². The topological polar surface area (TPSA) is 82.5 Å². The van der Waals surface area contributed by atoms with Gasteiger partial charge in [0.25, 0.3) is 0 Å². The Hall–Kier alpha value is -1.63. The minimum Gasteiger partial charge on any atom is -0.481 e. The molecule has 19 heavy (non-hydrogen) atoms. The van der Waals surface area contributed by atoms with E-state index in [9.17, 15) is 9.59 Å². The van der Waals surface area contributed by atoms with Gasteiger partial charge in [-0.25, -0.2) is 9.78 Å². The van der Waals surface area contributed by atoms with Crippen molar-refractivity contribution < 1.29 is 14.7 Å². The fourth-order valence-electron chi connectivity index (χ4n) is 1.54. The zero-order valence-corrected chi connectivity index (χ0v) is 12.1. The maximum absolute atomic E-state index is 12.0. The van der Waals surface area contributed by atoms with Crippen molar-refractivity contribution in [3.8, 4) is 0 Å². The van der Waals surface area contributed by atoms with Gasteiger partial charge in [-0.1, -0.05) is 13.8 Å². The average molecular weight is 285 g/mol. The van der Waals surface area contributed by atoms with Crippen LogP contribution in [0.5, 0.6) is 0 Å². The predicted octanol–water partition coefficient (Wildman–Crippen LogP) is 1.78. The minimum atomic E-state index is -0.916. The maximum Gasteiger partial charge on any atom is 0.317 e. The second-order valence-electron chi connectivity index (χ2n) is 4.73. The van der Waals surface area contributed by atoms with Crippen LogP contribution in [0.25, 0.3) is 0 Å². The minimum absolute atomic E-state index is 0.0627. The molecule has 0 saturated heterocycles. The molecule has 2 N–H and O–H groups in total. The van der Waals surface area contributed by atoms with E-state index in [-0.39, 0.29) is 24.4 Å². The molecule has 1 aromatic heterocycles. The van der Waals surface area contributed by atoms with Crippen molar-refractivity contribution in [2.24, 2.45) is 5.92 Å². The third kappa shape index (κ3) is 5.25. The first kappa shape index (κ1) is 15.4. The van der Waals surface area contributed by atoms with Crippen LogP contribution in [0.3, 0.4) is 0 Å². The number of aromatic nitrogens is 1. The van der Waals surface area contributed by atoms with Gasteiger partial charge in [0.05, 0.1) is 24.2 Å². The third-order valence-corrected chi connectivity index (χ3v) is 3.37. The largest absolute Gasteiger partial charge is 0.481 e. The van der Waals surface area contributed by atoms with Crippen LogP contribution in [-0.4, -0.2) is 40.1 Å². The van der Waals surface area contributed by atoms with Crippen molar-refractivity contribution in [2.75, 3.05) is 7.05 Å². The summed E-state index contributed by atoms with van der Waals surface area (Å²) in [6.07, 6.45) is -0.0754. The van der Waals surface area contributed by atoms with Crippen molar-refractivity contribution in [3.05, 3.63) is 16.6 Å². The molecule has 1 atom stereocenters. The van der Waals surface area contributed by atoms with E-state index in [1.165, 1.54) is 16.2 Å². The molecule has 1 rings (SSSR count). The number of carboxylic acid groups (broad SMARTS) is 1. The Kier molecular flexibility index (Phi) is 5.75. The van der Waals surface area contributed by atoms with E-state index < -0.39 is 5.97 Å². The standard InChI is InChI=1S/C12H19N3O3S/c1-8(2)10(4-11(16)17)14-12(18)15(3)5-9-6-19-7-13-9/h6-8,10H,4-5H2,1-3H3,(H,14,18)(H,16,17). The van der Waals surface area contributed by atoms with Crippen molar-refractivity contribution in [2.45, 2.75) is 32.9 Å². The van der Waals surface area contributed by atoms with Gasteiger partial charge in [0.1, 0.15) is 0 Å². The van der Waals surface area contributed by atoms with Crippen LogP contribution < -0.4 is 5.32 Å². The number of carboxylic acids is 1. The molecular weight excluding hydrogens is 266 g/mol. The lowest BCUT2D eigenvalue weighted by molar-refractivity contribution is -0.137. The van der Waals surface area contributed by atoms with E-state index in [0.29, 0.717) is 6.54 Å². The lowest BCUT2D eigenvalue weighted by Crippen LogP contribution is -2.45. The van der Waals surface area contributed by atoms with E-state index >= 15 is 0 Å². The molecule has 6 nitrogen and oxygen atoms in total. The summed E-state index contributed by atoms with van der Waals surface area (Å²) in [6, 6.07) is -0.657. The molecule has 0 fully saturated rings. The lowest BCUT2D eigenvalue weighted by Gasteiger charge is -2.24. The number of thiazole rings is 1. The van der Waals surface area contributed by atoms with E-state index in [4.69, 9.17) is 5.11 Å². The maximum atomic E-state index is 12.0. The van der Waals surface area contributed by atoms with Crippen LogP contribution in [0, 0.1) is 5.92 Å². The number of carbonyl (C=O) groups is 2. The van der Waals surface area contributed by atoms with Crippen LogP contribution in [0.1, 0.15) is 26.0 Å². The van der Waals surface area contributed by atoms with Gasteiger partial charge in [-0.3, -0.25) is 4.79 Å². The molecule has 0 radical (unpaired) electrons. The molecule has 7 heteroatoms. The Bertz CT molecular complexity index is 420. The monoisotopic (exact) mass is 285 g/mol. The quantitative estimate of drug-likeness (QED) is 0.834. The summed E-state index contributed by atoms with van der Waals surface area (Å²) < 4.78 is 0. The summed E-state index contributed by atoms with van der Waals surface area (Å²) in [7, 11) is 1.66. The number of urea groups is 1. The van der Waals surface area contributed by atoms with Crippen LogP contribution >= 0.6 is 11.3 Å². The molecule has 0 bridgehead atoms. The van der Waals surface area contributed by atoms with E-state index in [1.54, 1.807) is 12.6 Å². The smallest absolute Gasteiger partial charge is 0.317 e. The van der Waals surface area contributed by atoms with Gasteiger partial charge >= 0.3 is 12.0 Å². The van der Waals surface area contributed by atoms with Crippen LogP contribution in [0.4, 0.5) is 4.79 Å². The van der Waals surface area contributed by atoms with Crippen LogP contribution in [0.2, 0.25) is 0 Å². The van der Waals surface area contributed by atoms with Crippen LogP contribution in [-0.2, 0) is 11.3 Å². The Balaban J connectivity index is 2.53. The second kappa shape index (κ2) is 7.08. The number of hydrogen-bond donors (Lipinski definition) is 2. The van der Waals surface area contributed by atoms with Crippen molar-refractivity contribution in [1.82, 2.24) is 15.2 Å². The zero-order valence-electron chi connectivity index (χ0n) is 11.3. The fraction of sp³-hybridized carbons (Fsp3) is 0.583. The SMILES string of the molecule is CC(C)C(CC(=O)O)NC(=O)N(C)Cc1cscn1. The number of nitrogens with zero attached hydrogens (tertiary/aromatic N) is 2. The van der Waals surface area contributed by atoms with E-state index in [0.717, 1.165) is 5.69 Å². The Morgan fingerprint density at radius 1 is 1.53 bits per heavy atom. The first-order valence-corrected chi connectivity index (χ1v) is 6.95. The summed E-state index contributed by atoms with van der Waals surface area (Å²) in [5.41, 5.74) is 2.53. The van der Waals surface area contributed by atoms with Gasteiger partial charge in [-0.2, -0.15) is 0 Å². The Morgan fingerprint density at radius 3 is 2.68 bits per heavy atom. The molecule has 0 aromatic carbocycles. The first-order chi connectivity index (χ1) is 8.90. The number of hydrogen-bond acceptors (Lipinski definition) is 4. The summed E-state index contributed by atoms with van der Waals surface area (Å²) in [6.45, 7) is 4.18. The zero-order chi connectivity index (χ0) is 14.4. The summed E-state index contributed by atoms with van der Waals surface area (Å²) in [5, 5.41) is 13.4. The summed E-state index contributed by atoms with van der Waals surface area (Å²) in [5.74, 6) is -0.853. The van der Waals surface area contributed by atoms with Gasteiger partial charge < -0.3 is 15.3 Å². The molecule has 0 aliphatic rings. The van der Waals surface area contributed by atoms with Crippen LogP contribution in [0.15, 0.2) is 10.9 Å². The van der Waals surface area contributed by atoms with Gasteiger partial charge in [0.2, 0.25) is 0 Å². The molecule has 2 amide bonds. The Labute approximate surface area is 116 Å². The van der Waals surface area contributed by atoms with Gasteiger partial charge in [0, 0.05) is 18.5 Å². The highest BCUT2D eigenvalue weighted by Crippen LogP contribution is 2.08. The predicted molar refractivity (Wildman–Crippen MR) is 73.0 cm³/mol. The average Bonchev–Trinajstić information content (AvgIpc) is 2.79. The van der Waals surface area contributed by atoms with Crippen molar-refractivity contribution >= 4 is 23.3 Å². The molecular formula is C12H19N3O3S. The van der Waals surface area contributed by atoms with E-state index in [1.807, 2.05) is 19.2 Å². The fourth-order valence-corrected chi connectivity index (χ4v) is 2.09. The van der Waals surface area contributed by atoms with Gasteiger partial charge in [-0.05, 0) is 5.92 Å². The van der Waals surface area contributed by atoms with Crippen molar-refractivity contribution in [3.63, 3.8) is 0 Å². The summed E-state index contributed by atoms with van der Waals surface area (Å²) >= 11 is 1.47. The number of carbonyl (C=O) groups excluding carboxylic acids is 1. The Morgan fingerprint density at radius 2 is 2.21 bits per heavy atom. The molecule has 0 aliphatic carbocycles. The molecule has 1 heterocycles.